The van der Waals surface area contributed by atoms with Gasteiger partial charge in [0.15, 0.2) is 0 Å². The minimum absolute atomic E-state index is 0.0174. The fraction of sp³-hybridized carbons (Fsp3) is 0.591. The summed E-state index contributed by atoms with van der Waals surface area (Å²) < 4.78 is 25.3. The summed E-state index contributed by atoms with van der Waals surface area (Å²) in [7, 11) is -3.21. The van der Waals surface area contributed by atoms with Crippen LogP contribution in [0.4, 0.5) is 5.69 Å². The number of aromatic amines is 1. The summed E-state index contributed by atoms with van der Waals surface area (Å²) >= 11 is 1.77. The van der Waals surface area contributed by atoms with Crippen LogP contribution in [0.5, 0.6) is 0 Å². The molecule has 2 aliphatic rings. The first-order chi connectivity index (χ1) is 15.7. The highest BCUT2D eigenvalue weighted by molar-refractivity contribution is 7.99. The van der Waals surface area contributed by atoms with Crippen molar-refractivity contribution >= 4 is 44.3 Å². The minimum atomic E-state index is -3.21. The van der Waals surface area contributed by atoms with Crippen LogP contribution in [0.15, 0.2) is 23.0 Å². The quantitative estimate of drug-likeness (QED) is 0.632. The van der Waals surface area contributed by atoms with Crippen molar-refractivity contribution in [3.63, 3.8) is 0 Å². The van der Waals surface area contributed by atoms with Crippen molar-refractivity contribution in [3.8, 4) is 0 Å². The van der Waals surface area contributed by atoms with E-state index in [1.54, 1.807) is 24.8 Å². The summed E-state index contributed by atoms with van der Waals surface area (Å²) in [5, 5.41) is 4.39. The summed E-state index contributed by atoms with van der Waals surface area (Å²) in [5.74, 6) is 1.38. The number of H-pyrrole nitrogens is 1. The third-order valence-electron chi connectivity index (χ3n) is 6.32. The Balaban J connectivity index is 1.42. The van der Waals surface area contributed by atoms with E-state index in [4.69, 9.17) is 0 Å². The zero-order chi connectivity index (χ0) is 23.6. The maximum atomic E-state index is 12.6. The number of nitrogens with zero attached hydrogens (tertiary/aromatic N) is 3. The third kappa shape index (κ3) is 6.07. The van der Waals surface area contributed by atoms with Crippen molar-refractivity contribution in [1.82, 2.24) is 19.2 Å². The second-order valence-corrected chi connectivity index (χ2v) is 12.1. The molecule has 2 fully saturated rings. The Morgan fingerprint density at radius 3 is 2.70 bits per heavy atom. The Kier molecular flexibility index (Phi) is 7.30. The molecule has 2 aromatic rings. The van der Waals surface area contributed by atoms with Crippen LogP contribution >= 0.6 is 11.8 Å². The second-order valence-electron chi connectivity index (χ2n) is 8.87. The van der Waals surface area contributed by atoms with Crippen LogP contribution in [0.25, 0.3) is 10.9 Å². The summed E-state index contributed by atoms with van der Waals surface area (Å²) in [6.07, 6.45) is 4.83. The number of aromatic nitrogens is 2. The lowest BCUT2D eigenvalue weighted by Gasteiger charge is -2.32. The van der Waals surface area contributed by atoms with Gasteiger partial charge >= 0.3 is 0 Å². The van der Waals surface area contributed by atoms with E-state index >= 15 is 0 Å². The van der Waals surface area contributed by atoms with Gasteiger partial charge in [-0.15, -0.1) is 0 Å². The number of carbonyl (C=O) groups is 1. The average molecular weight is 494 g/mol. The van der Waals surface area contributed by atoms with E-state index in [2.05, 4.69) is 15.3 Å². The van der Waals surface area contributed by atoms with E-state index in [0.717, 1.165) is 44.5 Å². The van der Waals surface area contributed by atoms with Gasteiger partial charge in [0.05, 0.1) is 22.9 Å². The first kappa shape index (κ1) is 24.0. The molecule has 1 aromatic heterocycles. The van der Waals surface area contributed by atoms with Gasteiger partial charge in [-0.2, -0.15) is 11.8 Å². The molecule has 9 nitrogen and oxygen atoms in total. The van der Waals surface area contributed by atoms with Gasteiger partial charge in [0.1, 0.15) is 5.82 Å². The van der Waals surface area contributed by atoms with Crippen LogP contribution in [0.3, 0.4) is 0 Å². The van der Waals surface area contributed by atoms with Gasteiger partial charge in [-0.3, -0.25) is 9.59 Å². The van der Waals surface area contributed by atoms with E-state index < -0.39 is 10.0 Å². The number of hydrogen-bond acceptors (Lipinski definition) is 7. The van der Waals surface area contributed by atoms with E-state index in [0.29, 0.717) is 40.8 Å². The van der Waals surface area contributed by atoms with Gasteiger partial charge in [0.25, 0.3) is 5.56 Å². The lowest BCUT2D eigenvalue weighted by atomic mass is 10.1. The summed E-state index contributed by atoms with van der Waals surface area (Å²) in [4.78, 5) is 33.5. The number of rotatable bonds is 6. The maximum Gasteiger partial charge on any atom is 0.258 e. The molecule has 0 radical (unpaired) electrons. The topological polar surface area (TPSA) is 115 Å². The standard InChI is InChI=1S/C22H31N5O4S2/c1-15(28)26-10-7-18(8-11-26)32-14-21-24-20-12-16(5-6-19(20)22(29)25-21)23-17-4-3-9-27(13-17)33(2,30)31/h5-6,12,17-18,23H,3-4,7-11,13-14H2,1-2H3,(H,24,25,29)/t17-/m1/s1. The van der Waals surface area contributed by atoms with E-state index in [9.17, 15) is 18.0 Å². The SMILES string of the molecule is CC(=O)N1CCC(SCc2nc3cc(N[C@@H]4CCCN(S(C)(=O)=O)C4)ccc3c(=O)[nH]2)CC1. The Labute approximate surface area is 198 Å². The van der Waals surface area contributed by atoms with Crippen LogP contribution in [0, 0.1) is 0 Å². The van der Waals surface area contributed by atoms with Crippen LogP contribution in [-0.4, -0.2) is 77.2 Å². The molecule has 0 spiro atoms. The molecule has 2 aliphatic heterocycles. The fourth-order valence-electron chi connectivity index (χ4n) is 4.48. The second kappa shape index (κ2) is 10.0. The lowest BCUT2D eigenvalue weighted by Crippen LogP contribution is -2.44. The van der Waals surface area contributed by atoms with Gasteiger partial charge in [-0.1, -0.05) is 0 Å². The molecule has 3 heterocycles. The number of nitrogens with one attached hydrogen (secondary N) is 2. The normalized spacial score (nSPS) is 20.8. The number of hydrogen-bond donors (Lipinski definition) is 2. The maximum absolute atomic E-state index is 12.6. The van der Waals surface area contributed by atoms with Crippen molar-refractivity contribution in [1.29, 1.82) is 0 Å². The molecule has 180 valence electrons. The van der Waals surface area contributed by atoms with Crippen LogP contribution in [0.1, 0.15) is 38.4 Å². The first-order valence-corrected chi connectivity index (χ1v) is 14.2. The molecular weight excluding hydrogens is 462 g/mol. The van der Waals surface area contributed by atoms with Crippen molar-refractivity contribution in [2.75, 3.05) is 37.8 Å². The summed E-state index contributed by atoms with van der Waals surface area (Å²) in [5.41, 5.74) is 1.30. The van der Waals surface area contributed by atoms with Crippen molar-refractivity contribution in [2.45, 2.75) is 49.7 Å². The lowest BCUT2D eigenvalue weighted by molar-refractivity contribution is -0.129. The van der Waals surface area contributed by atoms with Crippen molar-refractivity contribution in [2.24, 2.45) is 0 Å². The fourth-order valence-corrected chi connectivity index (χ4v) is 6.46. The summed E-state index contributed by atoms with van der Waals surface area (Å²) in [6, 6.07) is 5.48. The van der Waals surface area contributed by atoms with Crippen LogP contribution in [-0.2, 0) is 20.6 Å². The monoisotopic (exact) mass is 493 g/mol. The minimum Gasteiger partial charge on any atom is -0.381 e. The number of thioether (sulfide) groups is 1. The Morgan fingerprint density at radius 1 is 1.24 bits per heavy atom. The highest BCUT2D eigenvalue weighted by Crippen LogP contribution is 2.26. The first-order valence-electron chi connectivity index (χ1n) is 11.3. The molecule has 1 atom stereocenters. The molecule has 2 N–H and O–H groups in total. The summed E-state index contributed by atoms with van der Waals surface area (Å²) in [6.45, 7) is 4.16. The Morgan fingerprint density at radius 2 is 2.00 bits per heavy atom. The number of fused-ring (bicyclic) bond motifs is 1. The van der Waals surface area contributed by atoms with E-state index in [1.807, 2.05) is 17.0 Å². The van der Waals surface area contributed by atoms with E-state index in [1.165, 1.54) is 10.6 Å². The van der Waals surface area contributed by atoms with Gasteiger partial charge in [0, 0.05) is 50.1 Å². The molecule has 1 aromatic carbocycles. The number of amides is 1. The zero-order valence-corrected chi connectivity index (χ0v) is 20.7. The van der Waals surface area contributed by atoms with Crippen LogP contribution < -0.4 is 10.9 Å². The molecule has 11 heteroatoms. The molecule has 2 saturated heterocycles. The van der Waals surface area contributed by atoms with Crippen LogP contribution in [0.2, 0.25) is 0 Å². The van der Waals surface area contributed by atoms with Gasteiger partial charge in [-0.05, 0) is 43.9 Å². The number of benzene rings is 1. The smallest absolute Gasteiger partial charge is 0.258 e. The molecular formula is C22H31N5O4S2. The molecule has 0 aliphatic carbocycles. The average Bonchev–Trinajstić information content (AvgIpc) is 2.77. The van der Waals surface area contributed by atoms with Crippen molar-refractivity contribution < 1.29 is 13.2 Å². The number of likely N-dealkylation sites (tertiary alicyclic amines) is 1. The van der Waals surface area contributed by atoms with Gasteiger partial charge in [-0.25, -0.2) is 17.7 Å². The predicted molar refractivity (Wildman–Crippen MR) is 132 cm³/mol. The number of piperidine rings is 2. The highest BCUT2D eigenvalue weighted by Gasteiger charge is 2.26. The third-order valence-corrected chi connectivity index (χ3v) is 8.98. The molecule has 0 saturated carbocycles. The van der Waals surface area contributed by atoms with Gasteiger partial charge in [0.2, 0.25) is 15.9 Å². The van der Waals surface area contributed by atoms with Gasteiger partial charge < -0.3 is 15.2 Å². The molecule has 1 amide bonds. The molecule has 4 rings (SSSR count). The number of sulfonamides is 1. The molecule has 33 heavy (non-hydrogen) atoms. The Bertz CT molecular complexity index is 1180. The zero-order valence-electron chi connectivity index (χ0n) is 19.0. The predicted octanol–water partition coefficient (Wildman–Crippen LogP) is 2.00. The number of anilines is 1. The largest absolute Gasteiger partial charge is 0.381 e. The van der Waals surface area contributed by atoms with E-state index in [-0.39, 0.29) is 17.5 Å². The molecule has 0 unspecified atom stereocenters. The Hall–Kier alpha value is -2.11. The van der Waals surface area contributed by atoms with Crippen molar-refractivity contribution in [3.05, 3.63) is 34.4 Å². The molecule has 0 bridgehead atoms. The highest BCUT2D eigenvalue weighted by atomic mass is 32.2. The number of carbonyl (C=O) groups excluding carboxylic acids is 1.